The van der Waals surface area contributed by atoms with Gasteiger partial charge in [0.1, 0.15) is 5.82 Å². The van der Waals surface area contributed by atoms with E-state index in [0.717, 1.165) is 12.1 Å². The molecule has 0 amide bonds. The van der Waals surface area contributed by atoms with Gasteiger partial charge in [0, 0.05) is 5.56 Å². The normalized spacial score (nSPS) is 12.2. The molecule has 6 heteroatoms. The number of nitrogens with one attached hydrogen (secondary N) is 1. The Kier molecular flexibility index (Phi) is 4.47. The number of hydrogen-bond donors (Lipinski definition) is 2. The van der Waals surface area contributed by atoms with Crippen LogP contribution >= 0.6 is 0 Å². The fourth-order valence-corrected chi connectivity index (χ4v) is 1.86. The van der Waals surface area contributed by atoms with Gasteiger partial charge in [-0.3, -0.25) is 0 Å². The van der Waals surface area contributed by atoms with Gasteiger partial charge in [0.25, 0.3) is 6.43 Å². The molecule has 2 aromatic rings. The molecule has 0 saturated heterocycles. The van der Waals surface area contributed by atoms with Gasteiger partial charge < -0.3 is 10.4 Å². The highest BCUT2D eigenvalue weighted by atomic mass is 19.3. The van der Waals surface area contributed by atoms with E-state index in [2.05, 4.69) is 5.32 Å². The molecule has 0 spiro atoms. The first kappa shape index (κ1) is 14.9. The first-order valence-corrected chi connectivity index (χ1v) is 6.11. The quantitative estimate of drug-likeness (QED) is 0.876. The molecule has 0 aliphatic heterocycles. The summed E-state index contributed by atoms with van der Waals surface area (Å²) in [5.74, 6) is -1.82. The second kappa shape index (κ2) is 6.30. The second-order valence-corrected chi connectivity index (χ2v) is 4.36. The Hall–Kier alpha value is -2.50. The van der Waals surface area contributed by atoms with Gasteiger partial charge in [0.15, 0.2) is 6.04 Å². The average molecular weight is 295 g/mol. The summed E-state index contributed by atoms with van der Waals surface area (Å²) in [6.07, 6.45) is -2.62. The number of para-hydroxylation sites is 1. The summed E-state index contributed by atoms with van der Waals surface area (Å²) in [7, 11) is 0. The molecule has 0 aliphatic carbocycles. The van der Waals surface area contributed by atoms with E-state index in [9.17, 15) is 23.1 Å². The van der Waals surface area contributed by atoms with Gasteiger partial charge in [-0.15, -0.1) is 0 Å². The zero-order valence-electron chi connectivity index (χ0n) is 10.8. The maximum atomic E-state index is 13.5. The summed E-state index contributed by atoms with van der Waals surface area (Å²) in [6.45, 7) is 0. The van der Waals surface area contributed by atoms with Gasteiger partial charge in [-0.05, 0) is 17.7 Å². The largest absolute Gasteiger partial charge is 0.479 e. The van der Waals surface area contributed by atoms with Crippen molar-refractivity contribution in [2.24, 2.45) is 0 Å². The third kappa shape index (κ3) is 3.53. The predicted octanol–water partition coefficient (Wildman–Crippen LogP) is 4.00. The highest BCUT2D eigenvalue weighted by Crippen LogP contribution is 2.25. The average Bonchev–Trinajstić information content (AvgIpc) is 2.46. The van der Waals surface area contributed by atoms with Gasteiger partial charge in [-0.1, -0.05) is 36.4 Å². The van der Waals surface area contributed by atoms with E-state index >= 15 is 0 Å². The number of alkyl halides is 2. The number of benzene rings is 2. The van der Waals surface area contributed by atoms with Gasteiger partial charge in [-0.25, -0.2) is 18.0 Å². The fourth-order valence-electron chi connectivity index (χ4n) is 1.86. The van der Waals surface area contributed by atoms with Crippen LogP contribution in [0.5, 0.6) is 0 Å². The first-order valence-electron chi connectivity index (χ1n) is 6.11. The molecule has 2 aromatic carbocycles. The van der Waals surface area contributed by atoms with Crippen molar-refractivity contribution in [1.29, 1.82) is 0 Å². The Balaban J connectivity index is 2.27. The van der Waals surface area contributed by atoms with E-state index in [0.29, 0.717) is 0 Å². The number of anilines is 1. The van der Waals surface area contributed by atoms with E-state index in [1.165, 1.54) is 30.3 Å². The maximum Gasteiger partial charge on any atom is 0.330 e. The van der Waals surface area contributed by atoms with Crippen LogP contribution in [0.4, 0.5) is 18.9 Å². The van der Waals surface area contributed by atoms with Crippen molar-refractivity contribution in [3.8, 4) is 0 Å². The molecule has 0 fully saturated rings. The van der Waals surface area contributed by atoms with Crippen LogP contribution in [0.1, 0.15) is 23.6 Å². The van der Waals surface area contributed by atoms with Crippen molar-refractivity contribution >= 4 is 11.7 Å². The number of carbonyl (C=O) groups is 1. The third-order valence-electron chi connectivity index (χ3n) is 2.94. The van der Waals surface area contributed by atoms with Crippen LogP contribution in [0.2, 0.25) is 0 Å². The van der Waals surface area contributed by atoms with Crippen molar-refractivity contribution < 1.29 is 23.1 Å². The molecule has 3 nitrogen and oxygen atoms in total. The Morgan fingerprint density at radius 1 is 1.00 bits per heavy atom. The molecule has 0 saturated carbocycles. The minimum atomic E-state index is -2.62. The molecule has 1 atom stereocenters. The van der Waals surface area contributed by atoms with E-state index < -0.39 is 24.3 Å². The zero-order valence-corrected chi connectivity index (χ0v) is 10.8. The summed E-state index contributed by atoms with van der Waals surface area (Å²) >= 11 is 0. The molecule has 2 rings (SSSR count). The van der Waals surface area contributed by atoms with Crippen molar-refractivity contribution in [2.45, 2.75) is 12.5 Å². The van der Waals surface area contributed by atoms with Crippen LogP contribution in [-0.2, 0) is 4.79 Å². The molecule has 0 bridgehead atoms. The molecular weight excluding hydrogens is 283 g/mol. The number of hydrogen-bond acceptors (Lipinski definition) is 2. The lowest BCUT2D eigenvalue weighted by Crippen LogP contribution is -2.21. The Bertz CT molecular complexity index is 629. The van der Waals surface area contributed by atoms with Crippen molar-refractivity contribution in [3.63, 3.8) is 0 Å². The van der Waals surface area contributed by atoms with Gasteiger partial charge in [0.05, 0.1) is 5.69 Å². The maximum absolute atomic E-state index is 13.5. The monoisotopic (exact) mass is 295 g/mol. The minimum absolute atomic E-state index is 0.0304. The lowest BCUT2D eigenvalue weighted by Gasteiger charge is -2.17. The van der Waals surface area contributed by atoms with E-state index in [4.69, 9.17) is 0 Å². The molecule has 110 valence electrons. The van der Waals surface area contributed by atoms with Crippen LogP contribution < -0.4 is 5.32 Å². The predicted molar refractivity (Wildman–Crippen MR) is 71.8 cm³/mol. The van der Waals surface area contributed by atoms with Crippen LogP contribution in [-0.4, -0.2) is 11.1 Å². The van der Waals surface area contributed by atoms with E-state index in [1.54, 1.807) is 6.07 Å². The molecule has 2 N–H and O–H groups in total. The Morgan fingerprint density at radius 2 is 1.57 bits per heavy atom. The third-order valence-corrected chi connectivity index (χ3v) is 2.94. The number of aliphatic carboxylic acids is 1. The van der Waals surface area contributed by atoms with Gasteiger partial charge >= 0.3 is 5.97 Å². The number of halogens is 3. The second-order valence-electron chi connectivity index (χ2n) is 4.36. The molecule has 1 unspecified atom stereocenters. The van der Waals surface area contributed by atoms with E-state index in [1.807, 2.05) is 0 Å². The van der Waals surface area contributed by atoms with Gasteiger partial charge in [-0.2, -0.15) is 0 Å². The van der Waals surface area contributed by atoms with Crippen molar-refractivity contribution in [1.82, 2.24) is 0 Å². The van der Waals surface area contributed by atoms with Crippen LogP contribution in [0.15, 0.2) is 48.5 Å². The summed E-state index contributed by atoms with van der Waals surface area (Å²) in [5.41, 5.74) is 0.0896. The SMILES string of the molecule is O=C(O)C(Nc1ccccc1F)c1ccc(C(F)F)cc1. The minimum Gasteiger partial charge on any atom is -0.479 e. The first-order chi connectivity index (χ1) is 9.99. The van der Waals surface area contributed by atoms with Crippen LogP contribution in [0, 0.1) is 5.82 Å². The summed E-state index contributed by atoms with van der Waals surface area (Å²) in [5, 5.41) is 11.8. The molecular formula is C15H12F3NO2. The van der Waals surface area contributed by atoms with Crippen molar-refractivity contribution in [2.75, 3.05) is 5.32 Å². The van der Waals surface area contributed by atoms with Crippen molar-refractivity contribution in [3.05, 3.63) is 65.5 Å². The lowest BCUT2D eigenvalue weighted by atomic mass is 10.0. The topological polar surface area (TPSA) is 49.3 Å². The van der Waals surface area contributed by atoms with Crippen LogP contribution in [0.25, 0.3) is 0 Å². The Labute approximate surface area is 119 Å². The molecule has 0 aliphatic rings. The van der Waals surface area contributed by atoms with E-state index in [-0.39, 0.29) is 16.8 Å². The summed E-state index contributed by atoms with van der Waals surface area (Å²) in [4.78, 5) is 11.3. The number of carboxylic acids is 1. The smallest absolute Gasteiger partial charge is 0.330 e. The van der Waals surface area contributed by atoms with Crippen LogP contribution in [0.3, 0.4) is 0 Å². The zero-order chi connectivity index (χ0) is 15.4. The summed E-state index contributed by atoms with van der Waals surface area (Å²) < 4.78 is 38.5. The standard InChI is InChI=1S/C15H12F3NO2/c16-11-3-1-2-4-12(11)19-13(15(20)21)9-5-7-10(8-6-9)14(17)18/h1-8,13-14,19H,(H,20,21). The molecule has 21 heavy (non-hydrogen) atoms. The highest BCUT2D eigenvalue weighted by Gasteiger charge is 2.21. The Morgan fingerprint density at radius 3 is 2.10 bits per heavy atom. The fraction of sp³-hybridized carbons (Fsp3) is 0.133. The molecule has 0 radical (unpaired) electrons. The van der Waals surface area contributed by atoms with Gasteiger partial charge in [0.2, 0.25) is 0 Å². The number of rotatable bonds is 5. The highest BCUT2D eigenvalue weighted by molar-refractivity contribution is 5.79. The lowest BCUT2D eigenvalue weighted by molar-refractivity contribution is -0.138. The molecule has 0 heterocycles. The summed E-state index contributed by atoms with van der Waals surface area (Å²) in [6, 6.07) is 9.28. The number of carboxylic acid groups (broad SMARTS) is 1. The molecule has 0 aromatic heterocycles.